The summed E-state index contributed by atoms with van der Waals surface area (Å²) in [5, 5.41) is 10.5. The minimum Gasteiger partial charge on any atom is -0.456 e. The zero-order valence-corrected chi connectivity index (χ0v) is 25.3. The molecule has 7 aromatic carbocycles. The Hall–Kier alpha value is -5.91. The zero-order chi connectivity index (χ0) is 29.9. The van der Waals surface area contributed by atoms with Crippen LogP contribution in [-0.2, 0) is 0 Å². The van der Waals surface area contributed by atoms with Gasteiger partial charge in [0.15, 0.2) is 5.13 Å². The molecule has 0 bridgehead atoms. The van der Waals surface area contributed by atoms with Gasteiger partial charge < -0.3 is 8.98 Å². The van der Waals surface area contributed by atoms with Crippen molar-refractivity contribution in [3.05, 3.63) is 140 Å². The van der Waals surface area contributed by atoms with Crippen molar-refractivity contribution in [2.75, 3.05) is 0 Å². The maximum Gasteiger partial charge on any atom is 0.195 e. The Labute approximate surface area is 265 Å². The van der Waals surface area contributed by atoms with Crippen LogP contribution in [0, 0.1) is 0 Å². The van der Waals surface area contributed by atoms with E-state index in [1.165, 1.54) is 43.4 Å². The fourth-order valence-electron chi connectivity index (χ4n) is 7.52. The molecule has 0 unspecified atom stereocenters. The highest BCUT2D eigenvalue weighted by molar-refractivity contribution is 7.21. The van der Waals surface area contributed by atoms with Crippen molar-refractivity contribution in [1.82, 2.24) is 14.1 Å². The van der Waals surface area contributed by atoms with Crippen molar-refractivity contribution in [2.45, 2.75) is 0 Å². The van der Waals surface area contributed by atoms with Crippen molar-refractivity contribution in [3.8, 4) is 10.8 Å². The van der Waals surface area contributed by atoms with Gasteiger partial charge in [-0.2, -0.15) is 0 Å². The number of fused-ring (bicyclic) bond motifs is 12. The van der Waals surface area contributed by atoms with Crippen LogP contribution in [-0.4, -0.2) is 14.1 Å². The predicted octanol–water partition coefficient (Wildman–Crippen LogP) is 11.5. The van der Waals surface area contributed by atoms with Gasteiger partial charge in [0, 0.05) is 32.6 Å². The van der Waals surface area contributed by atoms with Crippen LogP contribution in [0.5, 0.6) is 0 Å². The van der Waals surface area contributed by atoms with E-state index in [9.17, 15) is 0 Å². The highest BCUT2D eigenvalue weighted by atomic mass is 32.1. The number of thiazole rings is 1. The monoisotopic (exact) mass is 605 g/mol. The summed E-state index contributed by atoms with van der Waals surface area (Å²) >= 11 is 1.73. The molecule has 46 heavy (non-hydrogen) atoms. The SMILES string of the molecule is c1ccc2cc3c(cc2c1)c1ccc(-n2c4ccccc4c4ccccc42)cc1n3-c1nc2c(ccc3oc4ccccc4c32)s1. The topological polar surface area (TPSA) is 35.9 Å². The molecule has 0 fully saturated rings. The van der Waals surface area contributed by atoms with Gasteiger partial charge in [-0.25, -0.2) is 4.98 Å². The van der Waals surface area contributed by atoms with E-state index in [2.05, 4.69) is 137 Å². The van der Waals surface area contributed by atoms with Crippen molar-refractivity contribution < 1.29 is 4.42 Å². The van der Waals surface area contributed by atoms with Gasteiger partial charge in [0.05, 0.1) is 37.7 Å². The lowest BCUT2D eigenvalue weighted by atomic mass is 10.1. The number of para-hydroxylation sites is 3. The second-order valence-electron chi connectivity index (χ2n) is 12.0. The fourth-order valence-corrected chi connectivity index (χ4v) is 8.52. The zero-order valence-electron chi connectivity index (χ0n) is 24.4. The first-order valence-electron chi connectivity index (χ1n) is 15.5. The van der Waals surface area contributed by atoms with Crippen LogP contribution in [0.15, 0.2) is 144 Å². The Balaban J connectivity index is 1.27. The molecule has 214 valence electrons. The summed E-state index contributed by atoms with van der Waals surface area (Å²) in [6, 6.07) is 50.0. The summed E-state index contributed by atoms with van der Waals surface area (Å²) in [4.78, 5) is 5.39. The van der Waals surface area contributed by atoms with Crippen LogP contribution in [0.25, 0.3) is 97.4 Å². The second-order valence-corrected chi connectivity index (χ2v) is 13.0. The van der Waals surface area contributed by atoms with Gasteiger partial charge in [-0.15, -0.1) is 0 Å². The van der Waals surface area contributed by atoms with E-state index in [-0.39, 0.29) is 0 Å². The second kappa shape index (κ2) is 8.84. The maximum absolute atomic E-state index is 6.23. The van der Waals surface area contributed by atoms with Crippen LogP contribution in [0.4, 0.5) is 0 Å². The molecule has 0 radical (unpaired) electrons. The van der Waals surface area contributed by atoms with Gasteiger partial charge in [0.2, 0.25) is 0 Å². The minimum atomic E-state index is 0.868. The predicted molar refractivity (Wildman–Crippen MR) is 193 cm³/mol. The molecular formula is C41H23N3OS. The van der Waals surface area contributed by atoms with E-state index in [0.717, 1.165) is 54.0 Å². The molecule has 4 aromatic heterocycles. The van der Waals surface area contributed by atoms with Crippen molar-refractivity contribution in [2.24, 2.45) is 0 Å². The van der Waals surface area contributed by atoms with Crippen LogP contribution in [0.2, 0.25) is 0 Å². The first-order valence-corrected chi connectivity index (χ1v) is 16.3. The summed E-state index contributed by atoms with van der Waals surface area (Å²) in [5.41, 5.74) is 8.56. The lowest BCUT2D eigenvalue weighted by molar-refractivity contribution is 0.669. The molecule has 0 aliphatic carbocycles. The number of rotatable bonds is 2. The van der Waals surface area contributed by atoms with Gasteiger partial charge in [0.25, 0.3) is 0 Å². The number of benzene rings is 7. The van der Waals surface area contributed by atoms with Crippen LogP contribution >= 0.6 is 11.3 Å². The molecule has 0 aliphatic heterocycles. The summed E-state index contributed by atoms with van der Waals surface area (Å²) < 4.78 is 12.1. The number of furan rings is 1. The van der Waals surface area contributed by atoms with Crippen LogP contribution in [0.3, 0.4) is 0 Å². The molecule has 0 amide bonds. The largest absolute Gasteiger partial charge is 0.456 e. The minimum absolute atomic E-state index is 0.868. The van der Waals surface area contributed by atoms with E-state index >= 15 is 0 Å². The van der Waals surface area contributed by atoms with Gasteiger partial charge in [0.1, 0.15) is 11.2 Å². The van der Waals surface area contributed by atoms with E-state index in [1.54, 1.807) is 11.3 Å². The third kappa shape index (κ3) is 3.19. The van der Waals surface area contributed by atoms with Crippen molar-refractivity contribution in [1.29, 1.82) is 0 Å². The van der Waals surface area contributed by atoms with Gasteiger partial charge >= 0.3 is 0 Å². The first-order chi connectivity index (χ1) is 22.8. The maximum atomic E-state index is 6.23. The van der Waals surface area contributed by atoms with Crippen LogP contribution < -0.4 is 0 Å². The van der Waals surface area contributed by atoms with Crippen molar-refractivity contribution >= 4 is 97.9 Å². The molecule has 11 aromatic rings. The average Bonchev–Trinajstić information content (AvgIpc) is 3.85. The van der Waals surface area contributed by atoms with Crippen molar-refractivity contribution in [3.63, 3.8) is 0 Å². The number of hydrogen-bond donors (Lipinski definition) is 0. The molecule has 0 spiro atoms. The Bertz CT molecular complexity index is 2990. The highest BCUT2D eigenvalue weighted by Gasteiger charge is 2.20. The van der Waals surface area contributed by atoms with Gasteiger partial charge in [-0.3, -0.25) is 4.57 Å². The van der Waals surface area contributed by atoms with E-state index in [1.807, 2.05) is 12.1 Å². The lowest BCUT2D eigenvalue weighted by Gasteiger charge is -2.09. The molecule has 0 atom stereocenters. The lowest BCUT2D eigenvalue weighted by Crippen LogP contribution is -1.96. The van der Waals surface area contributed by atoms with E-state index in [4.69, 9.17) is 9.40 Å². The van der Waals surface area contributed by atoms with E-state index < -0.39 is 0 Å². The third-order valence-electron chi connectivity index (χ3n) is 9.53. The molecule has 0 aliphatic rings. The molecule has 0 N–H and O–H groups in total. The molecule has 11 rings (SSSR count). The molecule has 5 heteroatoms. The first kappa shape index (κ1) is 24.4. The number of hydrogen-bond acceptors (Lipinski definition) is 3. The molecule has 4 nitrogen and oxygen atoms in total. The van der Waals surface area contributed by atoms with E-state index in [0.29, 0.717) is 0 Å². The Morgan fingerprint density at radius 1 is 0.478 bits per heavy atom. The highest BCUT2D eigenvalue weighted by Crippen LogP contribution is 2.42. The fraction of sp³-hybridized carbons (Fsp3) is 0. The quantitative estimate of drug-likeness (QED) is 0.196. The van der Waals surface area contributed by atoms with Gasteiger partial charge in [-0.1, -0.05) is 96.3 Å². The third-order valence-corrected chi connectivity index (χ3v) is 10.5. The van der Waals surface area contributed by atoms with Gasteiger partial charge in [-0.05, 0) is 65.4 Å². The molecular weight excluding hydrogens is 583 g/mol. The molecule has 0 saturated carbocycles. The Morgan fingerprint density at radius 2 is 1.13 bits per heavy atom. The molecule has 4 heterocycles. The summed E-state index contributed by atoms with van der Waals surface area (Å²) in [6.45, 7) is 0. The Morgan fingerprint density at radius 3 is 1.93 bits per heavy atom. The smallest absolute Gasteiger partial charge is 0.195 e. The van der Waals surface area contributed by atoms with Crippen LogP contribution in [0.1, 0.15) is 0 Å². The average molecular weight is 606 g/mol. The number of nitrogens with zero attached hydrogens (tertiary/aromatic N) is 3. The summed E-state index contributed by atoms with van der Waals surface area (Å²) in [7, 11) is 0. The normalized spacial score (nSPS) is 12.3. The summed E-state index contributed by atoms with van der Waals surface area (Å²) in [6.07, 6.45) is 0. The Kier molecular flexibility index (Phi) is 4.69. The standard InChI is InChI=1S/C41H23N3OS/c1-2-10-25-22-34-31(21-24(25)9-1)29-18-17-26(43-32-14-6-3-11-27(32)28-12-4-7-15-33(28)43)23-35(29)44(34)41-42-40-38(46-41)20-19-37-39(40)30-13-5-8-16-36(30)45-37/h1-23H. The summed E-state index contributed by atoms with van der Waals surface area (Å²) in [5.74, 6) is 0. The molecule has 0 saturated heterocycles. The number of aromatic nitrogens is 3.